The molecule has 5 nitrogen and oxygen atoms in total. The Morgan fingerprint density at radius 2 is 2.24 bits per heavy atom. The Bertz CT molecular complexity index is 487. The van der Waals surface area contributed by atoms with Crippen molar-refractivity contribution in [3.8, 4) is 0 Å². The Balaban J connectivity index is 2.05. The quantitative estimate of drug-likeness (QED) is 0.737. The van der Waals surface area contributed by atoms with Crippen LogP contribution in [0.3, 0.4) is 0 Å². The molecule has 21 heavy (non-hydrogen) atoms. The van der Waals surface area contributed by atoms with Crippen LogP contribution in [0.15, 0.2) is 22.7 Å². The minimum Gasteiger partial charge on any atom is -0.351 e. The lowest BCUT2D eigenvalue weighted by Crippen LogP contribution is -2.42. The number of halogens is 1. The number of benzene rings is 1. The van der Waals surface area contributed by atoms with Crippen LogP contribution in [0, 0.1) is 0 Å². The molecule has 0 spiro atoms. The third-order valence-electron chi connectivity index (χ3n) is 3.52. The normalized spacial score (nSPS) is 18.8. The van der Waals surface area contributed by atoms with Crippen LogP contribution < -0.4 is 16.0 Å². The van der Waals surface area contributed by atoms with Gasteiger partial charge in [0.25, 0.3) is 5.91 Å². The molecule has 116 valence electrons. The summed E-state index contributed by atoms with van der Waals surface area (Å²) in [5, 5.41) is 9.78. The number of rotatable bonds is 5. The molecule has 6 heteroatoms. The van der Waals surface area contributed by atoms with Gasteiger partial charge in [0.15, 0.2) is 0 Å². The summed E-state index contributed by atoms with van der Waals surface area (Å²) < 4.78 is 1.04. The summed E-state index contributed by atoms with van der Waals surface area (Å²) >= 11 is 3.58. The van der Waals surface area contributed by atoms with Crippen LogP contribution in [-0.2, 0) is 0 Å². The van der Waals surface area contributed by atoms with Crippen LogP contribution in [0.2, 0.25) is 0 Å². The fourth-order valence-electron chi connectivity index (χ4n) is 2.32. The van der Waals surface area contributed by atoms with E-state index in [0.29, 0.717) is 12.1 Å². The summed E-state index contributed by atoms with van der Waals surface area (Å²) in [6.07, 6.45) is 0. The van der Waals surface area contributed by atoms with Crippen molar-refractivity contribution in [2.24, 2.45) is 0 Å². The zero-order valence-corrected chi connectivity index (χ0v) is 14.2. The van der Waals surface area contributed by atoms with Crippen LogP contribution >= 0.6 is 15.9 Å². The van der Waals surface area contributed by atoms with Gasteiger partial charge >= 0.3 is 0 Å². The first-order valence-electron chi connectivity index (χ1n) is 7.24. The smallest absolute Gasteiger partial charge is 0.251 e. The second-order valence-electron chi connectivity index (χ2n) is 5.51. The van der Waals surface area contributed by atoms with E-state index in [1.807, 2.05) is 37.2 Å². The van der Waals surface area contributed by atoms with E-state index in [2.05, 4.69) is 31.9 Å². The molecule has 1 aromatic rings. The highest BCUT2D eigenvalue weighted by molar-refractivity contribution is 9.10. The first-order valence-corrected chi connectivity index (χ1v) is 8.03. The molecule has 1 aromatic carbocycles. The first-order chi connectivity index (χ1) is 10.1. The fourth-order valence-corrected chi connectivity index (χ4v) is 2.84. The van der Waals surface area contributed by atoms with Crippen molar-refractivity contribution in [3.63, 3.8) is 0 Å². The maximum atomic E-state index is 12.2. The van der Waals surface area contributed by atoms with E-state index in [4.69, 9.17) is 0 Å². The molecule has 0 radical (unpaired) electrons. The molecule has 1 saturated heterocycles. The molecule has 1 aliphatic heterocycles. The van der Waals surface area contributed by atoms with E-state index in [1.165, 1.54) is 0 Å². The molecule has 2 rings (SSSR count). The minimum absolute atomic E-state index is 0.0191. The van der Waals surface area contributed by atoms with Gasteiger partial charge in [-0.25, -0.2) is 0 Å². The molecule has 0 bridgehead atoms. The monoisotopic (exact) mass is 354 g/mol. The van der Waals surface area contributed by atoms with Gasteiger partial charge in [-0.05, 0) is 37.9 Å². The SMILES string of the molecule is CN(C)CCNC(=O)c1ccc(Br)c(C2CNCCN2)c1. The average Bonchev–Trinajstić information content (AvgIpc) is 2.48. The maximum absolute atomic E-state index is 12.2. The molecule has 0 saturated carbocycles. The largest absolute Gasteiger partial charge is 0.351 e. The van der Waals surface area contributed by atoms with Crippen LogP contribution in [0.4, 0.5) is 0 Å². The number of piperazine rings is 1. The molecular weight excluding hydrogens is 332 g/mol. The number of hydrogen-bond donors (Lipinski definition) is 3. The Kier molecular flexibility index (Phi) is 6.17. The Hall–Kier alpha value is -0.950. The van der Waals surface area contributed by atoms with Gasteiger partial charge in [-0.3, -0.25) is 4.79 Å². The van der Waals surface area contributed by atoms with E-state index in [1.54, 1.807) is 0 Å². The van der Waals surface area contributed by atoms with Crippen molar-refractivity contribution in [1.82, 2.24) is 20.9 Å². The number of likely N-dealkylation sites (N-methyl/N-ethyl adjacent to an activating group) is 1. The van der Waals surface area contributed by atoms with E-state index >= 15 is 0 Å². The lowest BCUT2D eigenvalue weighted by molar-refractivity contribution is 0.0951. The number of carbonyl (C=O) groups is 1. The van der Waals surface area contributed by atoms with E-state index in [9.17, 15) is 4.79 Å². The highest BCUT2D eigenvalue weighted by atomic mass is 79.9. The van der Waals surface area contributed by atoms with Crippen molar-refractivity contribution >= 4 is 21.8 Å². The number of hydrogen-bond acceptors (Lipinski definition) is 4. The number of nitrogens with one attached hydrogen (secondary N) is 3. The molecule has 1 atom stereocenters. The molecule has 0 aromatic heterocycles. The third-order valence-corrected chi connectivity index (χ3v) is 4.24. The van der Waals surface area contributed by atoms with Crippen molar-refractivity contribution < 1.29 is 4.79 Å². The number of amides is 1. The predicted molar refractivity (Wildman–Crippen MR) is 88.6 cm³/mol. The highest BCUT2D eigenvalue weighted by Crippen LogP contribution is 2.25. The number of carbonyl (C=O) groups excluding carboxylic acids is 1. The maximum Gasteiger partial charge on any atom is 0.251 e. The standard InChI is InChI=1S/C15H23BrN4O/c1-20(2)8-7-19-15(21)11-3-4-13(16)12(9-11)14-10-17-5-6-18-14/h3-4,9,14,17-18H,5-8,10H2,1-2H3,(H,19,21). The van der Waals surface area contributed by atoms with Gasteiger partial charge < -0.3 is 20.9 Å². The average molecular weight is 355 g/mol. The van der Waals surface area contributed by atoms with Crippen molar-refractivity contribution in [1.29, 1.82) is 0 Å². The van der Waals surface area contributed by atoms with Crippen molar-refractivity contribution in [3.05, 3.63) is 33.8 Å². The second kappa shape index (κ2) is 7.89. The first kappa shape index (κ1) is 16.4. The summed E-state index contributed by atoms with van der Waals surface area (Å²) in [5.74, 6) is -0.0191. The van der Waals surface area contributed by atoms with Crippen LogP contribution in [0.5, 0.6) is 0 Å². The molecule has 1 aliphatic rings. The van der Waals surface area contributed by atoms with Gasteiger partial charge in [0, 0.05) is 48.8 Å². The Labute approximate surface area is 134 Å². The highest BCUT2D eigenvalue weighted by Gasteiger charge is 2.18. The molecule has 1 amide bonds. The third kappa shape index (κ3) is 4.78. The van der Waals surface area contributed by atoms with Crippen molar-refractivity contribution in [2.75, 3.05) is 46.8 Å². The predicted octanol–water partition coefficient (Wildman–Crippen LogP) is 0.974. The summed E-state index contributed by atoms with van der Waals surface area (Å²) in [7, 11) is 3.98. The zero-order chi connectivity index (χ0) is 15.2. The fraction of sp³-hybridized carbons (Fsp3) is 0.533. The van der Waals surface area contributed by atoms with Crippen LogP contribution in [0.25, 0.3) is 0 Å². The minimum atomic E-state index is -0.0191. The summed E-state index contributed by atoms with van der Waals surface area (Å²) in [6, 6.07) is 6.02. The van der Waals surface area contributed by atoms with Gasteiger partial charge in [0.1, 0.15) is 0 Å². The molecule has 1 unspecified atom stereocenters. The topological polar surface area (TPSA) is 56.4 Å². The Morgan fingerprint density at radius 1 is 1.43 bits per heavy atom. The molecule has 3 N–H and O–H groups in total. The number of nitrogens with zero attached hydrogens (tertiary/aromatic N) is 1. The summed E-state index contributed by atoms with van der Waals surface area (Å²) in [5.41, 5.74) is 1.83. The Morgan fingerprint density at radius 3 is 2.90 bits per heavy atom. The van der Waals surface area contributed by atoms with Gasteiger partial charge in [-0.2, -0.15) is 0 Å². The lowest BCUT2D eigenvalue weighted by Gasteiger charge is -2.26. The lowest BCUT2D eigenvalue weighted by atomic mass is 10.0. The van der Waals surface area contributed by atoms with Gasteiger partial charge in [0.2, 0.25) is 0 Å². The molecule has 1 heterocycles. The summed E-state index contributed by atoms with van der Waals surface area (Å²) in [6.45, 7) is 4.29. The van der Waals surface area contributed by atoms with E-state index < -0.39 is 0 Å². The van der Waals surface area contributed by atoms with Gasteiger partial charge in [0.05, 0.1) is 0 Å². The van der Waals surface area contributed by atoms with Gasteiger partial charge in [-0.1, -0.05) is 15.9 Å². The van der Waals surface area contributed by atoms with E-state index in [0.717, 1.165) is 36.2 Å². The van der Waals surface area contributed by atoms with Gasteiger partial charge in [-0.15, -0.1) is 0 Å². The second-order valence-corrected chi connectivity index (χ2v) is 6.36. The molecule has 1 fully saturated rings. The zero-order valence-electron chi connectivity index (χ0n) is 12.6. The van der Waals surface area contributed by atoms with Crippen LogP contribution in [0.1, 0.15) is 22.0 Å². The molecule has 0 aliphatic carbocycles. The van der Waals surface area contributed by atoms with E-state index in [-0.39, 0.29) is 11.9 Å². The van der Waals surface area contributed by atoms with Crippen LogP contribution in [-0.4, -0.2) is 57.6 Å². The molecular formula is C15H23BrN4O. The summed E-state index contributed by atoms with van der Waals surface area (Å²) in [4.78, 5) is 14.2. The van der Waals surface area contributed by atoms with Crippen molar-refractivity contribution in [2.45, 2.75) is 6.04 Å².